The molecule has 0 saturated carbocycles. The van der Waals surface area contributed by atoms with Gasteiger partial charge in [-0.15, -0.1) is 0 Å². The van der Waals surface area contributed by atoms with Crippen molar-refractivity contribution >= 4 is 90.3 Å². The predicted octanol–water partition coefficient (Wildman–Crippen LogP) is 8.70. The van der Waals surface area contributed by atoms with Crippen LogP contribution in [0.15, 0.2) is 0 Å². The van der Waals surface area contributed by atoms with E-state index < -0.39 is 14.2 Å². The molecule has 0 amide bonds. The van der Waals surface area contributed by atoms with Gasteiger partial charge in [0.15, 0.2) is 0 Å². The molecule has 0 aliphatic heterocycles. The second-order valence-electron chi connectivity index (χ2n) is 5.68. The Hall–Kier alpha value is 2.12. The number of rotatable bonds is 13. The van der Waals surface area contributed by atoms with Crippen molar-refractivity contribution in [2.45, 2.75) is 89.9 Å². The van der Waals surface area contributed by atoms with Crippen molar-refractivity contribution in [2.24, 2.45) is 0 Å². The van der Waals surface area contributed by atoms with Gasteiger partial charge in [0.25, 0.3) is 0 Å². The van der Waals surface area contributed by atoms with Gasteiger partial charge in [0.1, 0.15) is 0 Å². The van der Waals surface area contributed by atoms with Gasteiger partial charge in [-0.1, -0.05) is 0 Å². The molecular weight excluding hydrogens is 515 g/mol. The summed E-state index contributed by atoms with van der Waals surface area (Å²) in [4.78, 5) is 0. The van der Waals surface area contributed by atoms with E-state index in [-0.39, 0.29) is 0 Å². The van der Waals surface area contributed by atoms with Crippen LogP contribution < -0.4 is 0 Å². The van der Waals surface area contributed by atoms with Gasteiger partial charge in [-0.3, -0.25) is 0 Å². The standard InChI is InChI=1S/C8H17.3C3H6S2.Sn/c1-3-5-7-8-6-4-2;3*1-2-3(4)5;/h1,3-8H2,2H3;3*2H2,1H3,(H,4,5);/q;;;;+3/p-3. The summed E-state index contributed by atoms with van der Waals surface area (Å²) in [6.45, 7) is 8.78. The summed E-state index contributed by atoms with van der Waals surface area (Å²) in [5.41, 5.74) is 0. The van der Waals surface area contributed by atoms with Crippen molar-refractivity contribution in [2.75, 3.05) is 0 Å². The molecule has 0 aliphatic carbocycles. The molecule has 0 aromatic heterocycles. The molecule has 0 heterocycles. The monoisotopic (exact) mass is 548 g/mol. The third-order valence-electron chi connectivity index (χ3n) is 3.51. The summed E-state index contributed by atoms with van der Waals surface area (Å²) in [6.07, 6.45) is 11.0. The van der Waals surface area contributed by atoms with E-state index in [0.29, 0.717) is 0 Å². The fraction of sp³-hybridized carbons (Fsp3) is 0.824. The van der Waals surface area contributed by atoms with Crippen molar-refractivity contribution in [1.29, 1.82) is 0 Å². The molecule has 0 bridgehead atoms. The zero-order valence-electron chi connectivity index (χ0n) is 15.5. The molecule has 0 radical (unpaired) electrons. The first kappa shape index (κ1) is 26.1. The molecule has 0 N–H and O–H groups in total. The molecule has 24 heavy (non-hydrogen) atoms. The van der Waals surface area contributed by atoms with Gasteiger partial charge in [-0.25, -0.2) is 0 Å². The Labute approximate surface area is 178 Å². The van der Waals surface area contributed by atoms with Crippen LogP contribution in [0.1, 0.15) is 85.5 Å². The third-order valence-corrected chi connectivity index (χ3v) is 42.7. The molecule has 0 saturated heterocycles. The Morgan fingerprint density at radius 2 is 1.00 bits per heavy atom. The molecule has 0 fully saturated rings. The molecule has 0 rings (SSSR count). The minimum atomic E-state index is -2.68. The molecule has 0 unspecified atom stereocenters. The van der Waals surface area contributed by atoms with Gasteiger partial charge in [0.05, 0.1) is 0 Å². The number of hydrogen-bond donors (Lipinski definition) is 0. The number of thiocarbonyl (C=S) groups is 3. The van der Waals surface area contributed by atoms with Crippen molar-refractivity contribution in [1.82, 2.24) is 0 Å². The second-order valence-corrected chi connectivity index (χ2v) is 39.8. The molecule has 0 aliphatic rings. The number of unbranched alkanes of at least 4 members (excludes halogenated alkanes) is 5. The molecule has 0 aromatic carbocycles. The van der Waals surface area contributed by atoms with Crippen LogP contribution in [0, 0.1) is 0 Å². The van der Waals surface area contributed by atoms with Gasteiger partial charge in [-0.2, -0.15) is 0 Å². The van der Waals surface area contributed by atoms with Gasteiger partial charge in [-0.05, 0) is 0 Å². The first-order valence-electron chi connectivity index (χ1n) is 9.08. The fourth-order valence-electron chi connectivity index (χ4n) is 2.07. The zero-order valence-corrected chi connectivity index (χ0v) is 23.3. The Morgan fingerprint density at radius 1 is 0.625 bits per heavy atom. The van der Waals surface area contributed by atoms with Crippen molar-refractivity contribution < 1.29 is 0 Å². The fourth-order valence-corrected chi connectivity index (χ4v) is 54.8. The summed E-state index contributed by atoms with van der Waals surface area (Å²) in [6, 6.07) is 0. The summed E-state index contributed by atoms with van der Waals surface area (Å²) >= 11 is 14.2. The van der Waals surface area contributed by atoms with E-state index in [1.165, 1.54) is 43.0 Å². The van der Waals surface area contributed by atoms with Crippen LogP contribution in [-0.4, -0.2) is 26.8 Å². The van der Waals surface area contributed by atoms with Crippen molar-refractivity contribution in [3.8, 4) is 0 Å². The molecule has 0 nitrogen and oxygen atoms in total. The van der Waals surface area contributed by atoms with E-state index in [0.717, 1.165) is 31.9 Å². The topological polar surface area (TPSA) is 0 Å². The van der Waals surface area contributed by atoms with Crippen LogP contribution in [0.4, 0.5) is 0 Å². The summed E-state index contributed by atoms with van der Waals surface area (Å²) in [5.74, 6) is 0. The average molecular weight is 548 g/mol. The quantitative estimate of drug-likeness (QED) is 0.128. The summed E-state index contributed by atoms with van der Waals surface area (Å²) in [5, 5.41) is 0. The van der Waals surface area contributed by atoms with E-state index in [9.17, 15) is 0 Å². The normalized spacial score (nSPS) is 11.5. The van der Waals surface area contributed by atoms with E-state index in [1.807, 2.05) is 26.8 Å². The SMILES string of the molecule is CCCCCCC[CH2][Sn]([S]C(=S)CC)([S]C(=S)CC)[S]C(=S)CC. The molecule has 140 valence electrons. The average Bonchev–Trinajstić information content (AvgIpc) is 2.57. The van der Waals surface area contributed by atoms with Crippen LogP contribution in [0.3, 0.4) is 0 Å². The van der Waals surface area contributed by atoms with Crippen LogP contribution in [0.25, 0.3) is 0 Å². The molecular formula is C17H32S6Sn. The summed E-state index contributed by atoms with van der Waals surface area (Å²) < 4.78 is 4.81. The Morgan fingerprint density at radius 3 is 1.38 bits per heavy atom. The van der Waals surface area contributed by atoms with Crippen LogP contribution in [-0.2, 0) is 0 Å². The van der Waals surface area contributed by atoms with Crippen molar-refractivity contribution in [3.05, 3.63) is 0 Å². The third kappa shape index (κ3) is 12.5. The van der Waals surface area contributed by atoms with Crippen molar-refractivity contribution in [3.63, 3.8) is 0 Å². The van der Waals surface area contributed by atoms with Crippen LogP contribution >= 0.6 is 63.5 Å². The Bertz CT molecular complexity index is 351. The summed E-state index contributed by atoms with van der Waals surface area (Å²) in [7, 11) is 6.12. The Kier molecular flexibility index (Phi) is 17.5. The Balaban J connectivity index is 4.97. The van der Waals surface area contributed by atoms with E-state index in [4.69, 9.17) is 36.7 Å². The van der Waals surface area contributed by atoms with Crippen LogP contribution in [0.2, 0.25) is 4.44 Å². The van der Waals surface area contributed by atoms with Gasteiger partial charge in [0.2, 0.25) is 0 Å². The second kappa shape index (κ2) is 16.1. The van der Waals surface area contributed by atoms with Gasteiger partial charge in [0, 0.05) is 0 Å². The molecule has 0 aromatic rings. The van der Waals surface area contributed by atoms with E-state index in [1.54, 1.807) is 0 Å². The van der Waals surface area contributed by atoms with E-state index >= 15 is 0 Å². The maximum absolute atomic E-state index is 5.62. The minimum absolute atomic E-state index is 0.980. The van der Waals surface area contributed by atoms with Gasteiger partial charge >= 0.3 is 180 Å². The first-order chi connectivity index (χ1) is 11.4. The molecule has 0 spiro atoms. The zero-order chi connectivity index (χ0) is 18.4. The van der Waals surface area contributed by atoms with Crippen LogP contribution in [0.5, 0.6) is 0 Å². The van der Waals surface area contributed by atoms with E-state index in [2.05, 4.69) is 27.7 Å². The van der Waals surface area contributed by atoms with Gasteiger partial charge < -0.3 is 0 Å². The molecule has 0 atom stereocenters. The molecule has 7 heteroatoms. The number of hydrogen-bond acceptors (Lipinski definition) is 6. The maximum atomic E-state index is 5.62. The predicted molar refractivity (Wildman–Crippen MR) is 135 cm³/mol. The first-order valence-corrected chi connectivity index (χ1v) is 25.3.